The number of hydrogen-bond acceptors (Lipinski definition) is 2. The van der Waals surface area contributed by atoms with Gasteiger partial charge in [0.05, 0.1) is 5.84 Å². The lowest BCUT2D eigenvalue weighted by atomic mass is 9.99. The van der Waals surface area contributed by atoms with Gasteiger partial charge in [-0.05, 0) is 27.9 Å². The summed E-state index contributed by atoms with van der Waals surface area (Å²) >= 11 is 0. The summed E-state index contributed by atoms with van der Waals surface area (Å²) in [6.45, 7) is 4.13. The first kappa shape index (κ1) is 9.43. The third kappa shape index (κ3) is 2.82. The molecule has 0 aromatic heterocycles. The molecule has 0 aliphatic rings. The smallest absolute Gasteiger partial charge is 0.0923 e. The normalized spacial score (nSPS) is 12.1. The molecule has 0 aliphatic heterocycles. The van der Waals surface area contributed by atoms with Gasteiger partial charge >= 0.3 is 0 Å². The lowest BCUT2D eigenvalue weighted by Gasteiger charge is -2.31. The molecule has 0 heterocycles. The van der Waals surface area contributed by atoms with Crippen molar-refractivity contribution in [1.29, 1.82) is 5.41 Å². The van der Waals surface area contributed by atoms with Crippen LogP contribution < -0.4 is 5.73 Å². The van der Waals surface area contributed by atoms with E-state index in [0.717, 1.165) is 0 Å². The van der Waals surface area contributed by atoms with Gasteiger partial charge in [0.15, 0.2) is 0 Å². The summed E-state index contributed by atoms with van der Waals surface area (Å²) in [5.41, 5.74) is 5.28. The molecule has 0 atom stereocenters. The van der Waals surface area contributed by atoms with Gasteiger partial charge in [-0.2, -0.15) is 0 Å². The Bertz CT molecular complexity index is 127. The molecule has 0 radical (unpaired) electrons. The Balaban J connectivity index is 3.99. The number of nitrogens with zero attached hydrogens (tertiary/aromatic N) is 1. The largest absolute Gasteiger partial charge is 0.388 e. The predicted octanol–water partition coefficient (Wildman–Crippen LogP) is 0.653. The fraction of sp³-hybridized carbons (Fsp3) is 0.857. The Labute approximate surface area is 62.7 Å². The molecule has 0 fully saturated rings. The average molecular weight is 143 g/mol. The van der Waals surface area contributed by atoms with E-state index < -0.39 is 0 Å². The first-order valence-corrected chi connectivity index (χ1v) is 3.36. The van der Waals surface area contributed by atoms with Gasteiger partial charge in [-0.15, -0.1) is 0 Å². The van der Waals surface area contributed by atoms with Crippen LogP contribution in [0.1, 0.15) is 20.3 Å². The van der Waals surface area contributed by atoms with Crippen LogP contribution in [0.4, 0.5) is 0 Å². The molecule has 0 saturated carbocycles. The maximum absolute atomic E-state index is 7.09. The Morgan fingerprint density at radius 2 is 1.90 bits per heavy atom. The average Bonchev–Trinajstić information content (AvgIpc) is 1.60. The highest BCUT2D eigenvalue weighted by Crippen LogP contribution is 2.13. The summed E-state index contributed by atoms with van der Waals surface area (Å²) in [5, 5.41) is 7.09. The minimum atomic E-state index is 0.00579. The van der Waals surface area contributed by atoms with Gasteiger partial charge in [0, 0.05) is 12.0 Å². The van der Waals surface area contributed by atoms with Crippen LogP contribution in [0.15, 0.2) is 0 Å². The monoisotopic (exact) mass is 143 g/mol. The molecule has 60 valence electrons. The summed E-state index contributed by atoms with van der Waals surface area (Å²) in [5.74, 6) is 0.249. The highest BCUT2D eigenvalue weighted by atomic mass is 15.1. The number of nitrogens with one attached hydrogen (secondary N) is 1. The third-order valence-electron chi connectivity index (χ3n) is 1.83. The molecular weight excluding hydrogens is 126 g/mol. The van der Waals surface area contributed by atoms with E-state index in [1.165, 1.54) is 0 Å². The van der Waals surface area contributed by atoms with Crippen molar-refractivity contribution in [1.82, 2.24) is 4.90 Å². The van der Waals surface area contributed by atoms with Gasteiger partial charge in [0.25, 0.3) is 0 Å². The Kier molecular flexibility index (Phi) is 2.84. The number of nitrogens with two attached hydrogens (primary N) is 1. The summed E-state index contributed by atoms with van der Waals surface area (Å²) in [6.07, 6.45) is 0.625. The van der Waals surface area contributed by atoms with Crippen molar-refractivity contribution in [2.24, 2.45) is 5.73 Å². The van der Waals surface area contributed by atoms with Crippen molar-refractivity contribution in [3.63, 3.8) is 0 Å². The van der Waals surface area contributed by atoms with Crippen LogP contribution in [0.3, 0.4) is 0 Å². The molecule has 3 heteroatoms. The van der Waals surface area contributed by atoms with Gasteiger partial charge in [-0.25, -0.2) is 0 Å². The van der Waals surface area contributed by atoms with E-state index in [9.17, 15) is 0 Å². The minimum absolute atomic E-state index is 0.00579. The standard InChI is InChI=1S/C7H17N3/c1-7(2,10(3)4)5-6(8)9/h5H2,1-4H3,(H3,8,9). The molecule has 10 heavy (non-hydrogen) atoms. The zero-order valence-electron chi connectivity index (χ0n) is 7.23. The SMILES string of the molecule is CN(C)C(C)(C)CC(=N)N. The molecule has 0 aromatic carbocycles. The van der Waals surface area contributed by atoms with Crippen molar-refractivity contribution < 1.29 is 0 Å². The third-order valence-corrected chi connectivity index (χ3v) is 1.83. The van der Waals surface area contributed by atoms with Gasteiger partial charge in [0.2, 0.25) is 0 Å². The number of amidine groups is 1. The van der Waals surface area contributed by atoms with Crippen molar-refractivity contribution in [3.8, 4) is 0 Å². The second kappa shape index (κ2) is 3.01. The first-order valence-electron chi connectivity index (χ1n) is 3.36. The van der Waals surface area contributed by atoms with Crippen LogP contribution in [0, 0.1) is 5.41 Å². The lowest BCUT2D eigenvalue weighted by molar-refractivity contribution is 0.203. The summed E-state index contributed by atoms with van der Waals surface area (Å²) in [7, 11) is 3.98. The van der Waals surface area contributed by atoms with Crippen molar-refractivity contribution in [2.75, 3.05) is 14.1 Å². The van der Waals surface area contributed by atoms with Gasteiger partial charge in [-0.3, -0.25) is 5.41 Å². The summed E-state index contributed by atoms with van der Waals surface area (Å²) in [4.78, 5) is 2.06. The zero-order valence-corrected chi connectivity index (χ0v) is 7.23. The molecular formula is C7H17N3. The van der Waals surface area contributed by atoms with Crippen molar-refractivity contribution in [2.45, 2.75) is 25.8 Å². The molecule has 0 unspecified atom stereocenters. The fourth-order valence-corrected chi connectivity index (χ4v) is 0.624. The first-order chi connectivity index (χ1) is 4.36. The van der Waals surface area contributed by atoms with E-state index in [-0.39, 0.29) is 11.4 Å². The van der Waals surface area contributed by atoms with Crippen molar-refractivity contribution in [3.05, 3.63) is 0 Å². The summed E-state index contributed by atoms with van der Waals surface area (Å²) < 4.78 is 0. The second-order valence-corrected chi connectivity index (χ2v) is 3.41. The van der Waals surface area contributed by atoms with E-state index in [4.69, 9.17) is 11.1 Å². The van der Waals surface area contributed by atoms with Crippen LogP contribution in [0.2, 0.25) is 0 Å². The lowest BCUT2D eigenvalue weighted by Crippen LogP contribution is -2.41. The van der Waals surface area contributed by atoms with Crippen LogP contribution in [-0.4, -0.2) is 30.4 Å². The predicted molar refractivity (Wildman–Crippen MR) is 44.3 cm³/mol. The van der Waals surface area contributed by atoms with Gasteiger partial charge in [0.1, 0.15) is 0 Å². The van der Waals surface area contributed by atoms with Crippen LogP contribution in [0.5, 0.6) is 0 Å². The molecule has 0 rings (SSSR count). The van der Waals surface area contributed by atoms with E-state index in [0.29, 0.717) is 6.42 Å². The highest BCUT2D eigenvalue weighted by Gasteiger charge is 2.20. The summed E-state index contributed by atoms with van der Waals surface area (Å²) in [6, 6.07) is 0. The molecule has 0 spiro atoms. The van der Waals surface area contributed by atoms with E-state index >= 15 is 0 Å². The van der Waals surface area contributed by atoms with Gasteiger partial charge < -0.3 is 10.6 Å². The van der Waals surface area contributed by atoms with E-state index in [2.05, 4.69) is 18.7 Å². The van der Waals surface area contributed by atoms with E-state index in [1.807, 2.05) is 14.1 Å². The maximum Gasteiger partial charge on any atom is 0.0923 e. The molecule has 0 aliphatic carbocycles. The Hall–Kier alpha value is -0.570. The molecule has 3 N–H and O–H groups in total. The molecule has 0 amide bonds. The number of hydrogen-bond donors (Lipinski definition) is 2. The van der Waals surface area contributed by atoms with E-state index in [1.54, 1.807) is 0 Å². The minimum Gasteiger partial charge on any atom is -0.388 e. The number of rotatable bonds is 3. The zero-order chi connectivity index (χ0) is 8.36. The van der Waals surface area contributed by atoms with Crippen molar-refractivity contribution >= 4 is 5.84 Å². The highest BCUT2D eigenvalue weighted by molar-refractivity contribution is 5.77. The van der Waals surface area contributed by atoms with Crippen LogP contribution in [0.25, 0.3) is 0 Å². The van der Waals surface area contributed by atoms with Gasteiger partial charge in [-0.1, -0.05) is 0 Å². The fourth-order valence-electron chi connectivity index (χ4n) is 0.624. The molecule has 3 nitrogen and oxygen atoms in total. The molecule has 0 aromatic rings. The Morgan fingerprint density at radius 1 is 1.50 bits per heavy atom. The van der Waals surface area contributed by atoms with Crippen LogP contribution >= 0.6 is 0 Å². The maximum atomic E-state index is 7.09. The molecule has 0 saturated heterocycles. The topological polar surface area (TPSA) is 53.1 Å². The van der Waals surface area contributed by atoms with Crippen LogP contribution in [-0.2, 0) is 0 Å². The Morgan fingerprint density at radius 3 is 2.00 bits per heavy atom. The second-order valence-electron chi connectivity index (χ2n) is 3.41. The quantitative estimate of drug-likeness (QED) is 0.450. The molecule has 0 bridgehead atoms.